The predicted octanol–water partition coefficient (Wildman–Crippen LogP) is 0.693. The first kappa shape index (κ1) is 12.2. The molecule has 1 aromatic rings. The highest BCUT2D eigenvalue weighted by atomic mass is 16.6. The van der Waals surface area contributed by atoms with Crippen LogP contribution in [0.5, 0.6) is 0 Å². The van der Waals surface area contributed by atoms with Crippen LogP contribution in [0.1, 0.15) is 17.5 Å². The molecule has 0 aliphatic rings. The van der Waals surface area contributed by atoms with Gasteiger partial charge in [-0.05, 0) is 12.1 Å². The predicted molar refractivity (Wildman–Crippen MR) is 58.5 cm³/mol. The maximum atomic E-state index is 10.7. The molecular formula is C11H7N3O3. The second kappa shape index (κ2) is 5.29. The number of carbonyl (C=O) groups excluding carboxylic acids is 1. The summed E-state index contributed by atoms with van der Waals surface area (Å²) in [6.45, 7) is 0. The number of nitro benzene ring substituents is 1. The Morgan fingerprint density at radius 3 is 2.76 bits per heavy atom. The molecule has 0 bridgehead atoms. The van der Waals surface area contributed by atoms with Gasteiger partial charge in [-0.15, -0.1) is 0 Å². The van der Waals surface area contributed by atoms with Crippen LogP contribution in [-0.4, -0.2) is 10.8 Å². The molecule has 0 spiro atoms. The molecule has 1 rings (SSSR count). The van der Waals surface area contributed by atoms with Gasteiger partial charge in [0.15, 0.2) is 0 Å². The van der Waals surface area contributed by atoms with Gasteiger partial charge in [0, 0.05) is 6.07 Å². The second-order valence-electron chi connectivity index (χ2n) is 3.05. The molecule has 84 valence electrons. The lowest BCUT2D eigenvalue weighted by Gasteiger charge is -1.95. The van der Waals surface area contributed by atoms with E-state index in [0.717, 1.165) is 6.07 Å². The third-order valence-electron chi connectivity index (χ3n) is 1.81. The molecule has 0 heterocycles. The molecule has 0 fully saturated rings. The number of rotatable bonds is 2. The first-order valence-corrected chi connectivity index (χ1v) is 4.50. The standard InChI is InChI=1S/C11H7N3O3/c12-7-8-4-5-9(2-1-3-11(13)15)10(6-8)14(16)17/h4-6H,3H2,(H2,13,15). The van der Waals surface area contributed by atoms with Gasteiger partial charge >= 0.3 is 0 Å². The van der Waals surface area contributed by atoms with Crippen molar-refractivity contribution in [2.75, 3.05) is 0 Å². The number of hydrogen-bond acceptors (Lipinski definition) is 4. The summed E-state index contributed by atoms with van der Waals surface area (Å²) in [5, 5.41) is 19.3. The zero-order valence-corrected chi connectivity index (χ0v) is 8.64. The fourth-order valence-corrected chi connectivity index (χ4v) is 1.08. The van der Waals surface area contributed by atoms with Gasteiger partial charge in [-0.25, -0.2) is 0 Å². The summed E-state index contributed by atoms with van der Waals surface area (Å²) < 4.78 is 0. The molecule has 0 radical (unpaired) electrons. The molecule has 0 saturated heterocycles. The van der Waals surface area contributed by atoms with E-state index < -0.39 is 10.8 Å². The molecule has 1 aromatic carbocycles. The van der Waals surface area contributed by atoms with E-state index in [0.29, 0.717) is 0 Å². The summed E-state index contributed by atoms with van der Waals surface area (Å²) in [5.74, 6) is 4.29. The minimum atomic E-state index is -0.630. The summed E-state index contributed by atoms with van der Waals surface area (Å²) in [6.07, 6.45) is -0.169. The lowest BCUT2D eigenvalue weighted by molar-refractivity contribution is -0.385. The van der Waals surface area contributed by atoms with Gasteiger partial charge in [-0.2, -0.15) is 5.26 Å². The van der Waals surface area contributed by atoms with Gasteiger partial charge in [0.1, 0.15) is 5.56 Å². The van der Waals surface area contributed by atoms with Crippen LogP contribution >= 0.6 is 0 Å². The van der Waals surface area contributed by atoms with Crippen molar-refractivity contribution < 1.29 is 9.72 Å². The molecule has 6 heteroatoms. The molecule has 17 heavy (non-hydrogen) atoms. The zero-order chi connectivity index (χ0) is 12.8. The topological polar surface area (TPSA) is 110 Å². The Bertz CT molecular complexity index is 576. The Kier molecular flexibility index (Phi) is 3.80. The molecule has 1 amide bonds. The van der Waals surface area contributed by atoms with Gasteiger partial charge in [0.25, 0.3) is 5.69 Å². The Labute approximate surface area is 96.8 Å². The number of nitrogens with two attached hydrogens (primary N) is 1. The van der Waals surface area contributed by atoms with E-state index in [-0.39, 0.29) is 23.2 Å². The average Bonchev–Trinajstić information content (AvgIpc) is 2.28. The molecule has 0 aliphatic heterocycles. The average molecular weight is 229 g/mol. The van der Waals surface area contributed by atoms with E-state index in [1.165, 1.54) is 12.1 Å². The number of nitriles is 1. The van der Waals surface area contributed by atoms with Crippen molar-refractivity contribution in [1.29, 1.82) is 5.26 Å². The quantitative estimate of drug-likeness (QED) is 0.457. The van der Waals surface area contributed by atoms with E-state index in [1.54, 1.807) is 6.07 Å². The highest BCUT2D eigenvalue weighted by Gasteiger charge is 2.12. The minimum Gasteiger partial charge on any atom is -0.369 e. The van der Waals surface area contributed by atoms with Gasteiger partial charge in [-0.1, -0.05) is 11.8 Å². The normalized spacial score (nSPS) is 8.65. The van der Waals surface area contributed by atoms with Crippen LogP contribution in [0.4, 0.5) is 5.69 Å². The number of benzene rings is 1. The van der Waals surface area contributed by atoms with Crippen molar-refractivity contribution in [1.82, 2.24) is 0 Å². The van der Waals surface area contributed by atoms with Crippen LogP contribution in [0.15, 0.2) is 18.2 Å². The number of nitrogens with zero attached hydrogens (tertiary/aromatic N) is 2. The lowest BCUT2D eigenvalue weighted by atomic mass is 10.1. The number of amides is 1. The van der Waals surface area contributed by atoms with Crippen LogP contribution in [0.3, 0.4) is 0 Å². The van der Waals surface area contributed by atoms with Crippen molar-refractivity contribution >= 4 is 11.6 Å². The van der Waals surface area contributed by atoms with E-state index >= 15 is 0 Å². The summed E-state index contributed by atoms with van der Waals surface area (Å²) >= 11 is 0. The van der Waals surface area contributed by atoms with E-state index in [4.69, 9.17) is 11.0 Å². The number of nitro groups is 1. The largest absolute Gasteiger partial charge is 0.369 e. The Hall–Kier alpha value is -2.86. The van der Waals surface area contributed by atoms with Crippen molar-refractivity contribution in [2.24, 2.45) is 5.73 Å². The summed E-state index contributed by atoms with van der Waals surface area (Å²) in [6, 6.07) is 5.71. The molecule has 2 N–H and O–H groups in total. The highest BCUT2D eigenvalue weighted by molar-refractivity contribution is 5.76. The summed E-state index contributed by atoms with van der Waals surface area (Å²) in [5.41, 5.74) is 4.95. The van der Waals surface area contributed by atoms with E-state index in [1.807, 2.05) is 0 Å². The number of carbonyl (C=O) groups is 1. The van der Waals surface area contributed by atoms with Crippen LogP contribution < -0.4 is 5.73 Å². The lowest BCUT2D eigenvalue weighted by Crippen LogP contribution is -2.08. The first-order chi connectivity index (χ1) is 8.04. The molecule has 0 atom stereocenters. The van der Waals surface area contributed by atoms with Crippen LogP contribution in [0.25, 0.3) is 0 Å². The number of primary amides is 1. The Morgan fingerprint density at radius 1 is 1.53 bits per heavy atom. The van der Waals surface area contributed by atoms with Gasteiger partial charge in [-0.3, -0.25) is 14.9 Å². The van der Waals surface area contributed by atoms with E-state index in [9.17, 15) is 14.9 Å². The minimum absolute atomic E-state index is 0.148. The SMILES string of the molecule is N#Cc1ccc(C#CCC(N)=O)c([N+](=O)[O-])c1. The Balaban J connectivity index is 3.15. The van der Waals surface area contributed by atoms with Crippen LogP contribution in [-0.2, 0) is 4.79 Å². The fourth-order valence-electron chi connectivity index (χ4n) is 1.08. The van der Waals surface area contributed by atoms with Crippen molar-refractivity contribution in [3.8, 4) is 17.9 Å². The molecular weight excluding hydrogens is 222 g/mol. The molecule has 0 saturated carbocycles. The van der Waals surface area contributed by atoms with Crippen LogP contribution in [0.2, 0.25) is 0 Å². The number of hydrogen-bond donors (Lipinski definition) is 1. The van der Waals surface area contributed by atoms with E-state index in [2.05, 4.69) is 11.8 Å². The molecule has 0 aliphatic carbocycles. The van der Waals surface area contributed by atoms with Gasteiger partial charge in [0.2, 0.25) is 5.91 Å². The summed E-state index contributed by atoms with van der Waals surface area (Å²) in [4.78, 5) is 20.5. The Morgan fingerprint density at radius 2 is 2.24 bits per heavy atom. The molecule has 0 aromatic heterocycles. The summed E-state index contributed by atoms with van der Waals surface area (Å²) in [7, 11) is 0. The van der Waals surface area contributed by atoms with Crippen molar-refractivity contribution in [3.05, 3.63) is 39.4 Å². The smallest absolute Gasteiger partial charge is 0.286 e. The molecule has 6 nitrogen and oxygen atoms in total. The van der Waals surface area contributed by atoms with Crippen molar-refractivity contribution in [2.45, 2.75) is 6.42 Å². The fraction of sp³-hybridized carbons (Fsp3) is 0.0909. The molecule has 0 unspecified atom stereocenters. The maximum Gasteiger partial charge on any atom is 0.286 e. The zero-order valence-electron chi connectivity index (χ0n) is 8.64. The van der Waals surface area contributed by atoms with Crippen LogP contribution in [0, 0.1) is 33.3 Å². The van der Waals surface area contributed by atoms with Gasteiger partial charge < -0.3 is 5.73 Å². The second-order valence-corrected chi connectivity index (χ2v) is 3.05. The third-order valence-corrected chi connectivity index (χ3v) is 1.81. The highest BCUT2D eigenvalue weighted by Crippen LogP contribution is 2.18. The third kappa shape index (κ3) is 3.33. The maximum absolute atomic E-state index is 10.7. The van der Waals surface area contributed by atoms with Crippen molar-refractivity contribution in [3.63, 3.8) is 0 Å². The monoisotopic (exact) mass is 229 g/mol. The van der Waals surface area contributed by atoms with Gasteiger partial charge in [0.05, 0.1) is 23.0 Å². The first-order valence-electron chi connectivity index (χ1n) is 4.50.